The highest BCUT2D eigenvalue weighted by atomic mass is 79.9. The fraction of sp³-hybridized carbons (Fsp3) is 0.800. The summed E-state index contributed by atoms with van der Waals surface area (Å²) in [7, 11) is -2.71. The molecule has 0 radical (unpaired) electrons. The van der Waals surface area contributed by atoms with Gasteiger partial charge in [-0.15, -0.1) is 0 Å². The number of methoxy groups -OCH3 is 1. The highest BCUT2D eigenvalue weighted by Crippen LogP contribution is 1.94. The van der Waals surface area contributed by atoms with Gasteiger partial charge in [0.25, 0.3) is 0 Å². The van der Waals surface area contributed by atoms with Gasteiger partial charge in [0, 0.05) is 11.4 Å². The van der Waals surface area contributed by atoms with Gasteiger partial charge in [-0.25, -0.2) is 9.52 Å². The second-order valence-electron chi connectivity index (χ2n) is 2.23. The maximum absolute atomic E-state index is 11.0. The van der Waals surface area contributed by atoms with Gasteiger partial charge in [-0.1, -0.05) is 22.9 Å². The topological polar surface area (TPSA) is 84.5 Å². The SMILES string of the molecule is COC(=O)NS(=O)(=O)NCC(C)Br. The summed E-state index contributed by atoms with van der Waals surface area (Å²) in [6.07, 6.45) is -1.02. The third kappa shape index (κ3) is 6.79. The van der Waals surface area contributed by atoms with Gasteiger partial charge >= 0.3 is 16.3 Å². The lowest BCUT2D eigenvalue weighted by Gasteiger charge is -2.07. The van der Waals surface area contributed by atoms with E-state index in [-0.39, 0.29) is 11.4 Å². The number of amides is 1. The lowest BCUT2D eigenvalue weighted by atomic mass is 10.5. The smallest absolute Gasteiger partial charge is 0.421 e. The van der Waals surface area contributed by atoms with Gasteiger partial charge in [0.05, 0.1) is 7.11 Å². The van der Waals surface area contributed by atoms with E-state index in [1.54, 1.807) is 11.6 Å². The molecule has 0 aromatic carbocycles. The minimum absolute atomic E-state index is 0.0123. The number of halogens is 1. The maximum atomic E-state index is 11.0. The predicted molar refractivity (Wildman–Crippen MR) is 50.9 cm³/mol. The van der Waals surface area contributed by atoms with E-state index in [9.17, 15) is 13.2 Å². The Morgan fingerprint density at radius 2 is 2.15 bits per heavy atom. The average molecular weight is 275 g/mol. The summed E-state index contributed by atoms with van der Waals surface area (Å²) in [5.74, 6) is 0. The van der Waals surface area contributed by atoms with Crippen LogP contribution in [0, 0.1) is 0 Å². The first-order chi connectivity index (χ1) is 5.87. The van der Waals surface area contributed by atoms with Crippen molar-refractivity contribution in [3.63, 3.8) is 0 Å². The zero-order chi connectivity index (χ0) is 10.5. The van der Waals surface area contributed by atoms with E-state index < -0.39 is 16.3 Å². The van der Waals surface area contributed by atoms with Crippen LogP contribution in [0.25, 0.3) is 0 Å². The van der Waals surface area contributed by atoms with Gasteiger partial charge in [-0.2, -0.15) is 13.1 Å². The minimum atomic E-state index is -3.79. The molecule has 0 heterocycles. The molecule has 0 bridgehead atoms. The standard InChI is InChI=1S/C5H11BrN2O4S/c1-4(6)3-7-13(10,11)8-5(9)12-2/h4,7H,3H2,1-2H3,(H,8,9). The Bertz CT molecular complexity index is 264. The molecule has 1 atom stereocenters. The third-order valence-electron chi connectivity index (χ3n) is 0.958. The van der Waals surface area contributed by atoms with Crippen molar-refractivity contribution in [3.05, 3.63) is 0 Å². The molecule has 0 saturated heterocycles. The molecule has 0 fully saturated rings. The number of carbonyl (C=O) groups is 1. The molecule has 0 aliphatic heterocycles. The number of rotatable bonds is 4. The van der Waals surface area contributed by atoms with Crippen molar-refractivity contribution < 1.29 is 17.9 Å². The number of ether oxygens (including phenoxy) is 1. The first-order valence-electron chi connectivity index (χ1n) is 3.37. The van der Waals surface area contributed by atoms with Gasteiger partial charge in [0.1, 0.15) is 0 Å². The van der Waals surface area contributed by atoms with Gasteiger partial charge < -0.3 is 4.74 Å². The molecule has 2 N–H and O–H groups in total. The van der Waals surface area contributed by atoms with Gasteiger partial charge in [-0.05, 0) is 0 Å². The van der Waals surface area contributed by atoms with E-state index >= 15 is 0 Å². The monoisotopic (exact) mass is 274 g/mol. The first kappa shape index (κ1) is 12.7. The number of hydrogen-bond donors (Lipinski definition) is 2. The molecule has 0 rings (SSSR count). The van der Waals surface area contributed by atoms with Crippen LogP contribution < -0.4 is 9.44 Å². The molecule has 6 nitrogen and oxygen atoms in total. The molecular weight excluding hydrogens is 264 g/mol. The summed E-state index contributed by atoms with van der Waals surface area (Å²) >= 11 is 3.14. The Morgan fingerprint density at radius 3 is 2.54 bits per heavy atom. The lowest BCUT2D eigenvalue weighted by Crippen LogP contribution is -2.41. The van der Waals surface area contributed by atoms with Crippen LogP contribution in [0.1, 0.15) is 6.92 Å². The summed E-state index contributed by atoms with van der Waals surface area (Å²) in [6, 6.07) is 0. The van der Waals surface area contributed by atoms with Crippen molar-refractivity contribution in [1.82, 2.24) is 9.44 Å². The lowest BCUT2D eigenvalue weighted by molar-refractivity contribution is 0.177. The normalized spacial score (nSPS) is 13.5. The molecule has 0 aromatic heterocycles. The number of alkyl halides is 1. The van der Waals surface area contributed by atoms with Crippen LogP contribution in [0.2, 0.25) is 0 Å². The minimum Gasteiger partial charge on any atom is -0.452 e. The molecule has 1 amide bonds. The van der Waals surface area contributed by atoms with E-state index in [1.165, 1.54) is 0 Å². The zero-order valence-corrected chi connectivity index (χ0v) is 9.61. The summed E-state index contributed by atoms with van der Waals surface area (Å²) < 4.78 is 29.8. The van der Waals surface area contributed by atoms with Crippen molar-refractivity contribution in [2.75, 3.05) is 13.7 Å². The summed E-state index contributed by atoms with van der Waals surface area (Å²) in [5.41, 5.74) is 0. The van der Waals surface area contributed by atoms with Crippen molar-refractivity contribution in [1.29, 1.82) is 0 Å². The van der Waals surface area contributed by atoms with E-state index in [1.807, 2.05) is 0 Å². The Balaban J connectivity index is 4.02. The first-order valence-corrected chi connectivity index (χ1v) is 5.76. The average Bonchev–Trinajstić information content (AvgIpc) is 2.00. The van der Waals surface area contributed by atoms with Crippen LogP contribution in [0.15, 0.2) is 0 Å². The number of hydrogen-bond acceptors (Lipinski definition) is 4. The van der Waals surface area contributed by atoms with Gasteiger partial charge in [0.15, 0.2) is 0 Å². The second-order valence-corrected chi connectivity index (χ2v) is 5.29. The predicted octanol–water partition coefficient (Wildman–Crippen LogP) is -0.0398. The van der Waals surface area contributed by atoms with Crippen molar-refractivity contribution in [2.24, 2.45) is 0 Å². The molecule has 0 aliphatic carbocycles. The third-order valence-corrected chi connectivity index (χ3v) is 2.26. The Kier molecular flexibility index (Phi) is 5.26. The Hall–Kier alpha value is -0.340. The molecule has 1 unspecified atom stereocenters. The zero-order valence-electron chi connectivity index (χ0n) is 7.20. The van der Waals surface area contributed by atoms with Crippen LogP contribution in [-0.2, 0) is 14.9 Å². The van der Waals surface area contributed by atoms with E-state index in [0.29, 0.717) is 0 Å². The highest BCUT2D eigenvalue weighted by Gasteiger charge is 2.13. The molecule has 8 heteroatoms. The Labute approximate surface area is 85.3 Å². The molecule has 0 saturated carbocycles. The van der Waals surface area contributed by atoms with E-state index in [0.717, 1.165) is 7.11 Å². The largest absolute Gasteiger partial charge is 0.452 e. The van der Waals surface area contributed by atoms with Crippen LogP contribution in [0.5, 0.6) is 0 Å². The number of nitrogens with one attached hydrogen (secondary N) is 2. The van der Waals surface area contributed by atoms with E-state index in [4.69, 9.17) is 0 Å². The maximum Gasteiger partial charge on any atom is 0.421 e. The summed E-state index contributed by atoms with van der Waals surface area (Å²) in [5, 5.41) is 0. The molecule has 0 aliphatic rings. The van der Waals surface area contributed by atoms with Crippen molar-refractivity contribution in [3.8, 4) is 0 Å². The van der Waals surface area contributed by atoms with Crippen LogP contribution in [0.4, 0.5) is 4.79 Å². The fourth-order valence-corrected chi connectivity index (χ4v) is 1.63. The van der Waals surface area contributed by atoms with Crippen LogP contribution >= 0.6 is 15.9 Å². The van der Waals surface area contributed by atoms with Gasteiger partial charge in [0.2, 0.25) is 0 Å². The van der Waals surface area contributed by atoms with Gasteiger partial charge in [-0.3, -0.25) is 0 Å². The Morgan fingerprint density at radius 1 is 1.62 bits per heavy atom. The molecule has 78 valence electrons. The van der Waals surface area contributed by atoms with Crippen LogP contribution in [-0.4, -0.2) is 33.0 Å². The summed E-state index contributed by atoms with van der Waals surface area (Å²) in [4.78, 5) is 10.5. The van der Waals surface area contributed by atoms with E-state index in [2.05, 4.69) is 25.4 Å². The van der Waals surface area contributed by atoms with Crippen molar-refractivity contribution >= 4 is 32.2 Å². The highest BCUT2D eigenvalue weighted by molar-refractivity contribution is 9.09. The molecule has 13 heavy (non-hydrogen) atoms. The van der Waals surface area contributed by atoms with Crippen molar-refractivity contribution in [2.45, 2.75) is 11.8 Å². The molecular formula is C5H11BrN2O4S. The second kappa shape index (κ2) is 5.40. The number of carbonyl (C=O) groups excluding carboxylic acids is 1. The molecule has 0 spiro atoms. The quantitative estimate of drug-likeness (QED) is 0.705. The molecule has 0 aromatic rings. The van der Waals surface area contributed by atoms with Crippen LogP contribution in [0.3, 0.4) is 0 Å². The fourth-order valence-electron chi connectivity index (χ4n) is 0.412. The summed E-state index contributed by atoms with van der Waals surface area (Å²) in [6.45, 7) is 1.95.